The molecule has 5 N–H and O–H groups in total. The van der Waals surface area contributed by atoms with Crippen molar-refractivity contribution in [1.82, 2.24) is 10.0 Å². The molecule has 11 heteroatoms. The third-order valence-corrected chi connectivity index (χ3v) is 4.35. The van der Waals surface area contributed by atoms with Crippen molar-refractivity contribution in [3.8, 4) is 0 Å². The molecule has 0 aliphatic rings. The number of amides is 2. The van der Waals surface area contributed by atoms with Gasteiger partial charge < -0.3 is 16.4 Å². The molecule has 0 bridgehead atoms. The molecule has 2 amide bonds. The van der Waals surface area contributed by atoms with Crippen LogP contribution in [-0.2, 0) is 19.6 Å². The number of hydrogen-bond acceptors (Lipinski definition) is 5. The lowest BCUT2D eigenvalue weighted by Gasteiger charge is -2.20. The van der Waals surface area contributed by atoms with E-state index in [0.29, 0.717) is 0 Å². The van der Waals surface area contributed by atoms with E-state index >= 15 is 0 Å². The van der Waals surface area contributed by atoms with E-state index in [9.17, 15) is 22.4 Å². The minimum Gasteiger partial charge on any atom is -0.346 e. The molecule has 0 saturated heterocycles. The topological polar surface area (TPSA) is 130 Å². The first kappa shape index (κ1) is 23.2. The van der Waals surface area contributed by atoms with Crippen LogP contribution < -0.4 is 21.1 Å². The Bertz CT molecular complexity index is 735. The number of nitrogens with one attached hydrogen (secondary N) is 3. The Balaban J connectivity index is 0.00000576. The molecule has 0 heterocycles. The summed E-state index contributed by atoms with van der Waals surface area (Å²) in [5, 5.41) is 4.63. The highest BCUT2D eigenvalue weighted by molar-refractivity contribution is 7.89. The Hall–Kier alpha value is -1.75. The Kier molecular flexibility index (Phi) is 8.45. The molecule has 0 spiro atoms. The molecule has 1 rings (SSSR count). The van der Waals surface area contributed by atoms with E-state index < -0.39 is 38.1 Å². The molecule has 0 radical (unpaired) electrons. The van der Waals surface area contributed by atoms with Crippen LogP contribution in [0.25, 0.3) is 0 Å². The predicted octanol–water partition coefficient (Wildman–Crippen LogP) is 0.338. The molecule has 0 aliphatic carbocycles. The summed E-state index contributed by atoms with van der Waals surface area (Å²) in [7, 11) is -4.10. The summed E-state index contributed by atoms with van der Waals surface area (Å²) in [5.41, 5.74) is 4.37. The number of anilines is 1. The SMILES string of the molecule is CC(C)(C)NS(=O)(=O)c1cc(NC(=O)CNC(=O)CN)ccc1F.Cl. The third kappa shape index (κ3) is 7.78. The second kappa shape index (κ2) is 9.09. The highest BCUT2D eigenvalue weighted by atomic mass is 35.5. The predicted molar refractivity (Wildman–Crippen MR) is 94.4 cm³/mol. The van der Waals surface area contributed by atoms with Crippen molar-refractivity contribution in [1.29, 1.82) is 0 Å². The second-order valence-corrected chi connectivity index (χ2v) is 7.68. The van der Waals surface area contributed by atoms with E-state index in [0.717, 1.165) is 12.1 Å². The van der Waals surface area contributed by atoms with Crippen LogP contribution in [0.15, 0.2) is 23.1 Å². The highest BCUT2D eigenvalue weighted by Crippen LogP contribution is 2.21. The van der Waals surface area contributed by atoms with Gasteiger partial charge in [0.2, 0.25) is 21.8 Å². The number of rotatable bonds is 6. The molecule has 0 atom stereocenters. The van der Waals surface area contributed by atoms with Gasteiger partial charge in [-0.1, -0.05) is 0 Å². The van der Waals surface area contributed by atoms with Gasteiger partial charge in [0.1, 0.15) is 10.7 Å². The molecule has 0 fully saturated rings. The van der Waals surface area contributed by atoms with Gasteiger partial charge in [0.15, 0.2) is 0 Å². The number of sulfonamides is 1. The van der Waals surface area contributed by atoms with Crippen LogP contribution in [0.4, 0.5) is 10.1 Å². The molecule has 0 saturated carbocycles. The first-order valence-corrected chi connectivity index (χ1v) is 8.53. The van der Waals surface area contributed by atoms with Crippen LogP contribution in [0.2, 0.25) is 0 Å². The zero-order valence-electron chi connectivity index (χ0n) is 14.1. The molecular formula is C14H22ClFN4O4S. The number of hydrogen-bond donors (Lipinski definition) is 4. The summed E-state index contributed by atoms with van der Waals surface area (Å²) >= 11 is 0. The maximum Gasteiger partial charge on any atom is 0.244 e. The molecule has 0 aliphatic heterocycles. The van der Waals surface area contributed by atoms with Gasteiger partial charge in [0.05, 0.1) is 13.1 Å². The van der Waals surface area contributed by atoms with Crippen molar-refractivity contribution in [3.05, 3.63) is 24.0 Å². The lowest BCUT2D eigenvalue weighted by atomic mass is 10.1. The van der Waals surface area contributed by atoms with Crippen molar-refractivity contribution in [2.45, 2.75) is 31.2 Å². The van der Waals surface area contributed by atoms with Gasteiger partial charge in [0.25, 0.3) is 0 Å². The molecule has 1 aromatic carbocycles. The fourth-order valence-corrected chi connectivity index (χ4v) is 3.22. The van der Waals surface area contributed by atoms with Crippen LogP contribution in [-0.4, -0.2) is 38.9 Å². The molecule has 8 nitrogen and oxygen atoms in total. The summed E-state index contributed by atoms with van der Waals surface area (Å²) in [5.74, 6) is -2.06. The van der Waals surface area contributed by atoms with E-state index in [4.69, 9.17) is 5.73 Å². The van der Waals surface area contributed by atoms with Gasteiger partial charge in [-0.2, -0.15) is 0 Å². The fourth-order valence-electron chi connectivity index (χ4n) is 1.70. The Labute approximate surface area is 152 Å². The van der Waals surface area contributed by atoms with Gasteiger partial charge in [-0.3, -0.25) is 9.59 Å². The first-order chi connectivity index (χ1) is 10.9. The Morgan fingerprint density at radius 1 is 1.20 bits per heavy atom. The fraction of sp³-hybridized carbons (Fsp3) is 0.429. The van der Waals surface area contributed by atoms with E-state index in [2.05, 4.69) is 15.4 Å². The second-order valence-electron chi connectivity index (χ2n) is 6.03. The van der Waals surface area contributed by atoms with Crippen molar-refractivity contribution < 1.29 is 22.4 Å². The quantitative estimate of drug-likeness (QED) is 0.550. The minimum atomic E-state index is -4.10. The number of carbonyl (C=O) groups is 2. The van der Waals surface area contributed by atoms with Crippen LogP contribution in [0.5, 0.6) is 0 Å². The molecule has 0 aromatic heterocycles. The highest BCUT2D eigenvalue weighted by Gasteiger charge is 2.25. The average molecular weight is 397 g/mol. The van der Waals surface area contributed by atoms with E-state index in [-0.39, 0.29) is 31.2 Å². The summed E-state index contributed by atoms with van der Waals surface area (Å²) in [4.78, 5) is 22.1. The van der Waals surface area contributed by atoms with Crippen molar-refractivity contribution in [2.75, 3.05) is 18.4 Å². The first-order valence-electron chi connectivity index (χ1n) is 7.05. The number of carbonyl (C=O) groups excluding carboxylic acids is 2. The van der Waals surface area contributed by atoms with Crippen molar-refractivity contribution in [3.63, 3.8) is 0 Å². The molecule has 25 heavy (non-hydrogen) atoms. The van der Waals surface area contributed by atoms with Gasteiger partial charge in [-0.25, -0.2) is 17.5 Å². The summed E-state index contributed by atoms with van der Waals surface area (Å²) in [6.07, 6.45) is 0. The Morgan fingerprint density at radius 2 is 1.80 bits per heavy atom. The number of benzene rings is 1. The molecule has 142 valence electrons. The monoisotopic (exact) mass is 396 g/mol. The third-order valence-electron chi connectivity index (χ3n) is 2.58. The number of halogens is 2. The maximum absolute atomic E-state index is 13.9. The number of nitrogens with two attached hydrogens (primary N) is 1. The molecule has 1 aromatic rings. The summed E-state index contributed by atoms with van der Waals surface area (Å²) in [6.45, 7) is 4.26. The standard InChI is InChI=1S/C14H21FN4O4S.ClH/c1-14(2,3)19-24(22,23)11-6-9(4-5-10(11)15)18-13(21)8-17-12(20)7-16;/h4-6,19H,7-8,16H2,1-3H3,(H,17,20)(H,18,21);1H. The van der Waals surface area contributed by atoms with E-state index in [1.54, 1.807) is 20.8 Å². The molecule has 0 unspecified atom stereocenters. The van der Waals surface area contributed by atoms with E-state index in [1.165, 1.54) is 6.07 Å². The van der Waals surface area contributed by atoms with Crippen LogP contribution in [0.3, 0.4) is 0 Å². The van der Waals surface area contributed by atoms with Crippen molar-refractivity contribution >= 4 is 39.9 Å². The van der Waals surface area contributed by atoms with Crippen LogP contribution >= 0.6 is 12.4 Å². The van der Waals surface area contributed by atoms with Gasteiger partial charge >= 0.3 is 0 Å². The normalized spacial score (nSPS) is 11.4. The lowest BCUT2D eigenvalue weighted by molar-refractivity contribution is -0.123. The summed E-state index contributed by atoms with van der Waals surface area (Å²) < 4.78 is 40.7. The van der Waals surface area contributed by atoms with Crippen LogP contribution in [0, 0.1) is 5.82 Å². The zero-order chi connectivity index (χ0) is 18.5. The largest absolute Gasteiger partial charge is 0.346 e. The van der Waals surface area contributed by atoms with Gasteiger partial charge in [-0.05, 0) is 39.0 Å². The lowest BCUT2D eigenvalue weighted by Crippen LogP contribution is -2.40. The summed E-state index contributed by atoms with van der Waals surface area (Å²) in [6, 6.07) is 3.16. The maximum atomic E-state index is 13.9. The van der Waals surface area contributed by atoms with Crippen molar-refractivity contribution in [2.24, 2.45) is 5.73 Å². The average Bonchev–Trinajstić information content (AvgIpc) is 2.44. The smallest absolute Gasteiger partial charge is 0.244 e. The van der Waals surface area contributed by atoms with Gasteiger partial charge in [-0.15, -0.1) is 12.4 Å². The van der Waals surface area contributed by atoms with Gasteiger partial charge in [0, 0.05) is 11.2 Å². The van der Waals surface area contributed by atoms with Crippen LogP contribution in [0.1, 0.15) is 20.8 Å². The Morgan fingerprint density at radius 3 is 2.32 bits per heavy atom. The molecular weight excluding hydrogens is 375 g/mol. The zero-order valence-corrected chi connectivity index (χ0v) is 15.7. The minimum absolute atomic E-state index is 0. The van der Waals surface area contributed by atoms with E-state index in [1.807, 2.05) is 0 Å².